The summed E-state index contributed by atoms with van der Waals surface area (Å²) in [6.07, 6.45) is 3.89. The monoisotopic (exact) mass is 338 g/mol. The molecule has 1 atom stereocenters. The molecule has 0 radical (unpaired) electrons. The van der Waals surface area contributed by atoms with E-state index < -0.39 is 5.82 Å². The van der Waals surface area contributed by atoms with E-state index in [0.717, 1.165) is 18.5 Å². The van der Waals surface area contributed by atoms with Gasteiger partial charge in [-0.1, -0.05) is 18.2 Å². The normalized spacial score (nSPS) is 15.3. The van der Waals surface area contributed by atoms with Crippen LogP contribution in [-0.4, -0.2) is 22.8 Å². The number of hydrogen-bond acceptors (Lipinski definition) is 3. The SMILES string of the molecule is Cc1c(C(=O)N(C)[C@@H](c2ccccn2)C2CC2)oc2c(F)cccc12. The molecule has 25 heavy (non-hydrogen) atoms. The maximum Gasteiger partial charge on any atom is 0.290 e. The highest BCUT2D eigenvalue weighted by Crippen LogP contribution is 2.44. The van der Waals surface area contributed by atoms with E-state index in [1.807, 2.05) is 18.2 Å². The Balaban J connectivity index is 1.72. The Morgan fingerprint density at radius 2 is 2.08 bits per heavy atom. The number of benzene rings is 1. The molecule has 4 rings (SSSR count). The molecule has 128 valence electrons. The van der Waals surface area contributed by atoms with Crippen molar-refractivity contribution in [3.8, 4) is 0 Å². The van der Waals surface area contributed by atoms with Crippen LogP contribution in [0.1, 0.15) is 40.7 Å². The fourth-order valence-electron chi connectivity index (χ4n) is 3.42. The number of fused-ring (bicyclic) bond motifs is 1. The van der Waals surface area contributed by atoms with Gasteiger partial charge in [-0.25, -0.2) is 4.39 Å². The summed E-state index contributed by atoms with van der Waals surface area (Å²) in [5.74, 6) is -0.0872. The quantitative estimate of drug-likeness (QED) is 0.704. The Labute approximate surface area is 145 Å². The van der Waals surface area contributed by atoms with Crippen molar-refractivity contribution < 1.29 is 13.6 Å². The third-order valence-corrected chi connectivity index (χ3v) is 4.91. The standard InChI is InChI=1S/C20H19FN2O2/c1-12-14-6-5-7-15(21)19(14)25-18(12)20(24)23(2)17(13-9-10-13)16-8-3-4-11-22-16/h3-8,11,13,17H,9-10H2,1-2H3/t17-/m1/s1. The smallest absolute Gasteiger partial charge is 0.290 e. The van der Waals surface area contributed by atoms with Crippen molar-refractivity contribution >= 4 is 16.9 Å². The molecule has 0 unspecified atom stereocenters. The minimum Gasteiger partial charge on any atom is -0.448 e. The second-order valence-electron chi connectivity index (χ2n) is 6.63. The lowest BCUT2D eigenvalue weighted by molar-refractivity contribution is 0.0675. The van der Waals surface area contributed by atoms with E-state index in [4.69, 9.17) is 4.42 Å². The molecule has 0 N–H and O–H groups in total. The number of hydrogen-bond donors (Lipinski definition) is 0. The van der Waals surface area contributed by atoms with Crippen molar-refractivity contribution in [2.75, 3.05) is 7.05 Å². The van der Waals surface area contributed by atoms with Crippen LogP contribution in [0, 0.1) is 18.7 Å². The second kappa shape index (κ2) is 5.99. The van der Waals surface area contributed by atoms with Crippen molar-refractivity contribution in [2.45, 2.75) is 25.8 Å². The molecular weight excluding hydrogens is 319 g/mol. The van der Waals surface area contributed by atoms with Gasteiger partial charge in [0.1, 0.15) is 0 Å². The van der Waals surface area contributed by atoms with Crippen LogP contribution in [0.3, 0.4) is 0 Å². The van der Waals surface area contributed by atoms with Crippen LogP contribution in [0.4, 0.5) is 4.39 Å². The van der Waals surface area contributed by atoms with Gasteiger partial charge in [0.05, 0.1) is 11.7 Å². The maximum atomic E-state index is 14.0. The number of para-hydroxylation sites is 1. The predicted molar refractivity (Wildman–Crippen MR) is 92.7 cm³/mol. The summed E-state index contributed by atoms with van der Waals surface area (Å²) in [4.78, 5) is 19.2. The molecule has 0 saturated heterocycles. The van der Waals surface area contributed by atoms with Gasteiger partial charge in [0, 0.05) is 24.2 Å². The van der Waals surface area contributed by atoms with E-state index >= 15 is 0 Å². The largest absolute Gasteiger partial charge is 0.448 e. The number of aromatic nitrogens is 1. The average molecular weight is 338 g/mol. The summed E-state index contributed by atoms with van der Waals surface area (Å²) in [7, 11) is 1.77. The highest BCUT2D eigenvalue weighted by molar-refractivity contribution is 5.99. The highest BCUT2D eigenvalue weighted by atomic mass is 19.1. The first-order valence-electron chi connectivity index (χ1n) is 8.43. The summed E-state index contributed by atoms with van der Waals surface area (Å²) in [6, 6.07) is 10.4. The zero-order valence-corrected chi connectivity index (χ0v) is 14.2. The Kier molecular flexibility index (Phi) is 3.79. The van der Waals surface area contributed by atoms with Crippen molar-refractivity contribution in [1.82, 2.24) is 9.88 Å². The Morgan fingerprint density at radius 3 is 2.72 bits per heavy atom. The molecule has 1 aliphatic carbocycles. The number of aryl methyl sites for hydroxylation is 1. The molecule has 1 aromatic carbocycles. The molecule has 0 aliphatic heterocycles. The van der Waals surface area contributed by atoms with E-state index in [2.05, 4.69) is 4.98 Å². The lowest BCUT2D eigenvalue weighted by Gasteiger charge is -2.27. The summed E-state index contributed by atoms with van der Waals surface area (Å²) in [5, 5.41) is 0.637. The number of carbonyl (C=O) groups excluding carboxylic acids is 1. The number of furan rings is 1. The Bertz CT molecular complexity index is 932. The molecule has 0 bridgehead atoms. The summed E-state index contributed by atoms with van der Waals surface area (Å²) in [6.45, 7) is 1.79. The molecule has 5 heteroatoms. The van der Waals surface area contributed by atoms with Crippen LogP contribution < -0.4 is 0 Å². The van der Waals surface area contributed by atoms with Gasteiger partial charge in [-0.05, 0) is 43.9 Å². The molecule has 1 amide bonds. The second-order valence-corrected chi connectivity index (χ2v) is 6.63. The van der Waals surface area contributed by atoms with Gasteiger partial charge in [0.15, 0.2) is 17.2 Å². The zero-order valence-electron chi connectivity index (χ0n) is 14.2. The maximum absolute atomic E-state index is 14.0. The Hall–Kier alpha value is -2.69. The van der Waals surface area contributed by atoms with Crippen LogP contribution in [0.15, 0.2) is 47.0 Å². The average Bonchev–Trinajstić information content (AvgIpc) is 3.39. The first-order chi connectivity index (χ1) is 12.1. The van der Waals surface area contributed by atoms with Crippen LogP contribution in [0.25, 0.3) is 11.0 Å². The molecule has 4 nitrogen and oxygen atoms in total. The third kappa shape index (κ3) is 2.69. The molecule has 2 heterocycles. The van der Waals surface area contributed by atoms with Gasteiger partial charge in [-0.2, -0.15) is 0 Å². The highest BCUT2D eigenvalue weighted by Gasteiger charge is 2.39. The zero-order chi connectivity index (χ0) is 17.6. The van der Waals surface area contributed by atoms with Gasteiger partial charge < -0.3 is 9.32 Å². The summed E-state index contributed by atoms with van der Waals surface area (Å²) in [5.41, 5.74) is 1.68. The van der Waals surface area contributed by atoms with Crippen molar-refractivity contribution in [3.63, 3.8) is 0 Å². The molecular formula is C20H19FN2O2. The molecule has 3 aromatic rings. The molecule has 1 saturated carbocycles. The minimum absolute atomic E-state index is 0.0915. The number of rotatable bonds is 4. The van der Waals surface area contributed by atoms with Crippen molar-refractivity contribution in [2.24, 2.45) is 5.92 Å². The first kappa shape index (κ1) is 15.8. The summed E-state index contributed by atoms with van der Waals surface area (Å²) < 4.78 is 19.6. The predicted octanol–water partition coefficient (Wildman–Crippen LogP) is 4.50. The van der Waals surface area contributed by atoms with Crippen LogP contribution in [0.5, 0.6) is 0 Å². The molecule has 0 spiro atoms. The van der Waals surface area contributed by atoms with E-state index in [0.29, 0.717) is 16.9 Å². The summed E-state index contributed by atoms with van der Waals surface area (Å²) >= 11 is 0. The van der Waals surface area contributed by atoms with Crippen LogP contribution >= 0.6 is 0 Å². The Morgan fingerprint density at radius 1 is 1.28 bits per heavy atom. The molecule has 1 aliphatic rings. The van der Waals surface area contributed by atoms with E-state index in [9.17, 15) is 9.18 Å². The van der Waals surface area contributed by atoms with Crippen LogP contribution in [0.2, 0.25) is 0 Å². The fourth-order valence-corrected chi connectivity index (χ4v) is 3.42. The molecule has 2 aromatic heterocycles. The van der Waals surface area contributed by atoms with Gasteiger partial charge in [0.2, 0.25) is 0 Å². The van der Waals surface area contributed by atoms with Gasteiger partial charge in [-0.3, -0.25) is 9.78 Å². The lowest BCUT2D eigenvalue weighted by atomic mass is 10.1. The van der Waals surface area contributed by atoms with Crippen molar-refractivity contribution in [3.05, 3.63) is 65.4 Å². The van der Waals surface area contributed by atoms with E-state index in [1.165, 1.54) is 6.07 Å². The number of carbonyl (C=O) groups is 1. The minimum atomic E-state index is -0.453. The van der Waals surface area contributed by atoms with E-state index in [-0.39, 0.29) is 23.3 Å². The number of pyridine rings is 1. The molecule has 1 fully saturated rings. The lowest BCUT2D eigenvalue weighted by Crippen LogP contribution is -2.33. The van der Waals surface area contributed by atoms with Crippen LogP contribution in [-0.2, 0) is 0 Å². The fraction of sp³-hybridized carbons (Fsp3) is 0.300. The number of nitrogens with zero attached hydrogens (tertiary/aromatic N) is 2. The van der Waals surface area contributed by atoms with Gasteiger partial charge in [-0.15, -0.1) is 0 Å². The van der Waals surface area contributed by atoms with E-state index in [1.54, 1.807) is 37.2 Å². The first-order valence-corrected chi connectivity index (χ1v) is 8.43. The number of halogens is 1. The van der Waals surface area contributed by atoms with Gasteiger partial charge in [0.25, 0.3) is 5.91 Å². The number of amides is 1. The van der Waals surface area contributed by atoms with Gasteiger partial charge >= 0.3 is 0 Å². The third-order valence-electron chi connectivity index (χ3n) is 4.91. The van der Waals surface area contributed by atoms with Crippen molar-refractivity contribution in [1.29, 1.82) is 0 Å². The topological polar surface area (TPSA) is 46.3 Å².